The third-order valence-corrected chi connectivity index (χ3v) is 7.88. The number of fused-ring (bicyclic) bond motifs is 1. The van der Waals surface area contributed by atoms with Crippen LogP contribution < -0.4 is 15.8 Å². The number of nitrogens with one attached hydrogen (secondary N) is 1. The van der Waals surface area contributed by atoms with Crippen molar-refractivity contribution in [3.05, 3.63) is 93.7 Å². The van der Waals surface area contributed by atoms with Crippen molar-refractivity contribution in [3.63, 3.8) is 0 Å². The highest BCUT2D eigenvalue weighted by Gasteiger charge is 2.35. The molecule has 232 valence electrons. The van der Waals surface area contributed by atoms with Crippen LogP contribution in [0.3, 0.4) is 0 Å². The summed E-state index contributed by atoms with van der Waals surface area (Å²) in [6.45, 7) is 4.49. The van der Waals surface area contributed by atoms with E-state index < -0.39 is 35.1 Å². The van der Waals surface area contributed by atoms with Crippen LogP contribution in [0, 0.1) is 11.6 Å². The number of hydrogen-bond acceptors (Lipinski definition) is 4. The highest BCUT2D eigenvalue weighted by molar-refractivity contribution is 5.88. The van der Waals surface area contributed by atoms with Crippen LogP contribution in [-0.4, -0.2) is 34.4 Å². The number of aryl methyl sites for hydroxylation is 2. The number of rotatable bonds is 8. The van der Waals surface area contributed by atoms with Crippen LogP contribution in [-0.2, 0) is 38.5 Å². The maximum atomic E-state index is 15.8. The molecule has 2 heterocycles. The molecule has 0 saturated heterocycles. The van der Waals surface area contributed by atoms with Gasteiger partial charge < -0.3 is 15.8 Å². The number of anilines is 1. The molecule has 0 spiro atoms. The molecule has 5 rings (SSSR count). The number of hydrogen-bond donors (Lipinski definition) is 2. The predicted octanol–water partition coefficient (Wildman–Crippen LogP) is 7.02. The van der Waals surface area contributed by atoms with Gasteiger partial charge >= 0.3 is 12.2 Å². The first-order valence-corrected chi connectivity index (χ1v) is 14.2. The zero-order valence-electron chi connectivity index (χ0n) is 24.5. The summed E-state index contributed by atoms with van der Waals surface area (Å²) in [5.74, 6) is -1.63. The fourth-order valence-electron chi connectivity index (χ4n) is 5.77. The number of nitrogens with zero attached hydrogens (tertiary/aromatic N) is 3. The van der Waals surface area contributed by atoms with Crippen molar-refractivity contribution < 1.29 is 31.5 Å². The zero-order chi connectivity index (χ0) is 31.8. The minimum Gasteiger partial charge on any atom is -0.497 e. The smallest absolute Gasteiger partial charge is 0.416 e. The van der Waals surface area contributed by atoms with Gasteiger partial charge in [0.2, 0.25) is 0 Å². The quantitative estimate of drug-likeness (QED) is 0.209. The first kappa shape index (κ1) is 31.0. The van der Waals surface area contributed by atoms with Crippen LogP contribution in [0.5, 0.6) is 5.75 Å². The molecule has 1 aliphatic rings. The van der Waals surface area contributed by atoms with E-state index >= 15 is 8.78 Å². The van der Waals surface area contributed by atoms with E-state index in [2.05, 4.69) is 5.32 Å². The van der Waals surface area contributed by atoms with Crippen molar-refractivity contribution in [1.29, 1.82) is 0 Å². The predicted molar refractivity (Wildman–Crippen MR) is 157 cm³/mol. The van der Waals surface area contributed by atoms with Crippen molar-refractivity contribution in [2.75, 3.05) is 19.0 Å². The number of nitrogens with two attached hydrogens (primary N) is 1. The molecule has 3 aromatic carbocycles. The molecule has 4 aromatic rings. The number of para-hydroxylation sites is 1. The largest absolute Gasteiger partial charge is 0.497 e. The summed E-state index contributed by atoms with van der Waals surface area (Å²) in [6.07, 6.45) is -2.92. The highest BCUT2D eigenvalue weighted by Crippen LogP contribution is 2.39. The van der Waals surface area contributed by atoms with Gasteiger partial charge in [-0.05, 0) is 47.7 Å². The van der Waals surface area contributed by atoms with Crippen LogP contribution in [0.15, 0.2) is 48.5 Å². The Hall–Kier alpha value is -4.45. The average molecular weight is 614 g/mol. The zero-order valence-corrected chi connectivity index (χ0v) is 24.5. The number of ether oxygens (including phenoxy) is 1. The molecule has 0 aliphatic carbocycles. The van der Waals surface area contributed by atoms with E-state index in [0.717, 1.165) is 35.0 Å². The first-order valence-electron chi connectivity index (χ1n) is 14.2. The molecule has 1 aliphatic heterocycles. The van der Waals surface area contributed by atoms with Gasteiger partial charge in [-0.25, -0.2) is 18.3 Å². The van der Waals surface area contributed by atoms with E-state index in [1.54, 1.807) is 4.68 Å². The van der Waals surface area contributed by atoms with Crippen LogP contribution >= 0.6 is 0 Å². The second kappa shape index (κ2) is 12.3. The van der Waals surface area contributed by atoms with Crippen molar-refractivity contribution in [2.45, 2.75) is 52.4 Å². The Bertz CT molecular complexity index is 1690. The molecule has 0 unspecified atom stereocenters. The summed E-state index contributed by atoms with van der Waals surface area (Å²) in [5, 5.41) is 6.98. The lowest BCUT2D eigenvalue weighted by Crippen LogP contribution is -2.31. The first-order chi connectivity index (χ1) is 20.9. The molecule has 0 radical (unpaired) electrons. The van der Waals surface area contributed by atoms with Crippen molar-refractivity contribution in [2.24, 2.45) is 5.73 Å². The van der Waals surface area contributed by atoms with Gasteiger partial charge in [-0.2, -0.15) is 18.3 Å². The number of aromatic nitrogens is 2. The minimum absolute atomic E-state index is 0.0348. The van der Waals surface area contributed by atoms with E-state index in [9.17, 15) is 18.0 Å². The fraction of sp³-hybridized carbons (Fsp3) is 0.312. The van der Waals surface area contributed by atoms with E-state index in [4.69, 9.17) is 15.6 Å². The standard InChI is InChI=1S/C32H32F5N5O2/c1-4-18-7-6-8-19(5-2)29(18)42-30(22-14-26(34)28(15-25(22)33)39-31(38)43)23-17-41(12-11-27(23)40-42)16-20-9-10-21(44-3)13-24(20)32(35,36)37/h6-10,13-15H,4-5,11-12,16-17H2,1-3H3,(H3,38,39,43). The number of alkyl halides is 3. The molecule has 0 fully saturated rings. The molecule has 2 amide bonds. The number of primary amides is 1. The monoisotopic (exact) mass is 613 g/mol. The van der Waals surface area contributed by atoms with E-state index in [1.165, 1.54) is 19.2 Å². The molecule has 0 atom stereocenters. The van der Waals surface area contributed by atoms with Crippen LogP contribution in [0.2, 0.25) is 0 Å². The number of benzene rings is 3. The van der Waals surface area contributed by atoms with Gasteiger partial charge in [0.25, 0.3) is 0 Å². The van der Waals surface area contributed by atoms with Gasteiger partial charge in [0.15, 0.2) is 0 Å². The fourth-order valence-corrected chi connectivity index (χ4v) is 5.77. The minimum atomic E-state index is -4.59. The van der Waals surface area contributed by atoms with E-state index in [1.807, 2.05) is 36.9 Å². The van der Waals surface area contributed by atoms with Crippen molar-refractivity contribution in [1.82, 2.24) is 14.7 Å². The van der Waals surface area contributed by atoms with Gasteiger partial charge in [0.1, 0.15) is 17.4 Å². The number of carbonyl (C=O) groups excluding carboxylic acids is 1. The highest BCUT2D eigenvalue weighted by atomic mass is 19.4. The van der Waals surface area contributed by atoms with Crippen molar-refractivity contribution in [3.8, 4) is 22.7 Å². The molecule has 44 heavy (non-hydrogen) atoms. The lowest BCUT2D eigenvalue weighted by molar-refractivity contribution is -0.138. The second-order valence-electron chi connectivity index (χ2n) is 10.6. The molecular formula is C32H32F5N5O2. The van der Waals surface area contributed by atoms with Crippen molar-refractivity contribution >= 4 is 11.7 Å². The Morgan fingerprint density at radius 2 is 1.73 bits per heavy atom. The summed E-state index contributed by atoms with van der Waals surface area (Å²) in [4.78, 5) is 13.2. The number of halogens is 5. The Morgan fingerprint density at radius 3 is 2.34 bits per heavy atom. The summed E-state index contributed by atoms with van der Waals surface area (Å²) < 4.78 is 79.6. The third-order valence-electron chi connectivity index (χ3n) is 7.88. The maximum Gasteiger partial charge on any atom is 0.416 e. The molecule has 12 heteroatoms. The SMILES string of the molecule is CCc1cccc(CC)c1-n1nc2c(c1-c1cc(F)c(NC(N)=O)cc1F)CN(Cc1ccc(OC)cc1C(F)(F)F)CC2. The number of methoxy groups -OCH3 is 1. The average Bonchev–Trinajstić information content (AvgIpc) is 3.35. The second-order valence-corrected chi connectivity index (χ2v) is 10.6. The Kier molecular flexibility index (Phi) is 8.64. The number of carbonyl (C=O) groups is 1. The Balaban J connectivity index is 1.66. The molecule has 3 N–H and O–H groups in total. The number of amides is 2. The molecule has 7 nitrogen and oxygen atoms in total. The molecular weight excluding hydrogens is 581 g/mol. The lowest BCUT2D eigenvalue weighted by atomic mass is 9.97. The van der Waals surface area contributed by atoms with Gasteiger partial charge in [-0.3, -0.25) is 4.90 Å². The normalized spacial score (nSPS) is 13.5. The van der Waals surface area contributed by atoms with Gasteiger partial charge in [-0.15, -0.1) is 0 Å². The van der Waals surface area contributed by atoms with E-state index in [-0.39, 0.29) is 30.0 Å². The topological polar surface area (TPSA) is 85.4 Å². The Labute approximate surface area is 251 Å². The maximum absolute atomic E-state index is 15.8. The summed E-state index contributed by atoms with van der Waals surface area (Å²) in [5.41, 5.74) is 8.07. The molecule has 0 saturated carbocycles. The number of urea groups is 1. The molecule has 0 bridgehead atoms. The van der Waals surface area contributed by atoms with Crippen LogP contribution in [0.1, 0.15) is 47.4 Å². The summed E-state index contributed by atoms with van der Waals surface area (Å²) in [7, 11) is 1.31. The summed E-state index contributed by atoms with van der Waals surface area (Å²) in [6, 6.07) is 10.5. The van der Waals surface area contributed by atoms with Crippen LogP contribution in [0.4, 0.5) is 32.4 Å². The van der Waals surface area contributed by atoms with Gasteiger partial charge in [0.05, 0.1) is 35.4 Å². The lowest BCUT2D eigenvalue weighted by Gasteiger charge is -2.28. The van der Waals surface area contributed by atoms with Gasteiger partial charge in [0, 0.05) is 43.2 Å². The van der Waals surface area contributed by atoms with Crippen LogP contribution in [0.25, 0.3) is 16.9 Å². The third kappa shape index (κ3) is 5.99. The summed E-state index contributed by atoms with van der Waals surface area (Å²) >= 11 is 0. The Morgan fingerprint density at radius 1 is 1.02 bits per heavy atom. The molecule has 1 aromatic heterocycles. The van der Waals surface area contributed by atoms with E-state index in [0.29, 0.717) is 42.8 Å². The van der Waals surface area contributed by atoms with Gasteiger partial charge in [-0.1, -0.05) is 38.1 Å².